The van der Waals surface area contributed by atoms with Crippen LogP contribution in [-0.2, 0) is 11.4 Å². The van der Waals surface area contributed by atoms with Gasteiger partial charge in [0.1, 0.15) is 0 Å². The summed E-state index contributed by atoms with van der Waals surface area (Å²) in [7, 11) is 0. The number of rotatable bonds is 3. The fraction of sp³-hybridized carbons (Fsp3) is 0.154. The van der Waals surface area contributed by atoms with Crippen LogP contribution in [0.4, 0.5) is 5.82 Å². The number of hydrogen-bond donors (Lipinski definition) is 2. The van der Waals surface area contributed by atoms with E-state index in [2.05, 4.69) is 15.3 Å². The first-order valence-corrected chi connectivity index (χ1v) is 5.49. The average Bonchev–Trinajstić information content (AvgIpc) is 2.38. The average molecular weight is 243 g/mol. The van der Waals surface area contributed by atoms with E-state index in [1.54, 1.807) is 6.20 Å². The number of benzene rings is 1. The number of aliphatic hydroxyl groups is 1. The minimum Gasteiger partial charge on any atom is -0.392 e. The predicted molar refractivity (Wildman–Crippen MR) is 67.7 cm³/mol. The molecule has 0 atom stereocenters. The maximum Gasteiger partial charge on any atom is 0.222 e. The molecule has 0 bridgehead atoms. The monoisotopic (exact) mass is 243 g/mol. The zero-order chi connectivity index (χ0) is 13.0. The van der Waals surface area contributed by atoms with Gasteiger partial charge in [-0.3, -0.25) is 9.78 Å². The van der Waals surface area contributed by atoms with Crippen molar-refractivity contribution >= 4 is 11.7 Å². The number of nitrogens with zero attached hydrogens (tertiary/aromatic N) is 2. The van der Waals surface area contributed by atoms with Crippen LogP contribution in [0.5, 0.6) is 0 Å². The summed E-state index contributed by atoms with van der Waals surface area (Å²) in [4.78, 5) is 19.3. The fourth-order valence-corrected chi connectivity index (χ4v) is 1.57. The summed E-state index contributed by atoms with van der Waals surface area (Å²) in [5, 5.41) is 11.7. The number of anilines is 1. The lowest BCUT2D eigenvalue weighted by atomic mass is 10.1. The van der Waals surface area contributed by atoms with Crippen LogP contribution in [0.1, 0.15) is 12.5 Å². The highest BCUT2D eigenvalue weighted by molar-refractivity contribution is 5.87. The number of hydrogen-bond acceptors (Lipinski definition) is 4. The third kappa shape index (κ3) is 2.89. The van der Waals surface area contributed by atoms with Gasteiger partial charge in [-0.15, -0.1) is 0 Å². The van der Waals surface area contributed by atoms with Gasteiger partial charge in [0.25, 0.3) is 0 Å². The van der Waals surface area contributed by atoms with E-state index in [1.807, 2.05) is 24.3 Å². The zero-order valence-electron chi connectivity index (χ0n) is 9.92. The summed E-state index contributed by atoms with van der Waals surface area (Å²) in [6, 6.07) is 7.38. The number of nitrogens with one attached hydrogen (secondary N) is 1. The lowest BCUT2D eigenvalue weighted by molar-refractivity contribution is -0.114. The molecule has 0 spiro atoms. The Kier molecular flexibility index (Phi) is 3.64. The van der Waals surface area contributed by atoms with Gasteiger partial charge in [0.2, 0.25) is 5.91 Å². The van der Waals surface area contributed by atoms with E-state index < -0.39 is 0 Å². The first kappa shape index (κ1) is 12.2. The van der Waals surface area contributed by atoms with E-state index >= 15 is 0 Å². The van der Waals surface area contributed by atoms with Crippen molar-refractivity contribution in [1.29, 1.82) is 0 Å². The molecule has 2 N–H and O–H groups in total. The van der Waals surface area contributed by atoms with E-state index in [4.69, 9.17) is 5.11 Å². The van der Waals surface area contributed by atoms with Crippen LogP contribution >= 0.6 is 0 Å². The van der Waals surface area contributed by atoms with Crippen molar-refractivity contribution in [1.82, 2.24) is 9.97 Å². The molecule has 18 heavy (non-hydrogen) atoms. The van der Waals surface area contributed by atoms with E-state index in [0.717, 1.165) is 11.1 Å². The Balaban J connectivity index is 2.34. The molecule has 0 saturated heterocycles. The molecule has 0 saturated carbocycles. The highest BCUT2D eigenvalue weighted by Crippen LogP contribution is 2.19. The Morgan fingerprint density at radius 1 is 1.39 bits per heavy atom. The molecule has 2 rings (SSSR count). The van der Waals surface area contributed by atoms with E-state index in [9.17, 15) is 4.79 Å². The molecule has 1 heterocycles. The molecule has 1 aromatic heterocycles. The molecule has 92 valence electrons. The minimum atomic E-state index is -0.189. The molecule has 2 aromatic rings. The maximum absolute atomic E-state index is 10.9. The number of aromatic nitrogens is 2. The van der Waals surface area contributed by atoms with Crippen LogP contribution in [0.2, 0.25) is 0 Å². The largest absolute Gasteiger partial charge is 0.392 e. The summed E-state index contributed by atoms with van der Waals surface area (Å²) in [5.74, 6) is 0.222. The number of carbonyl (C=O) groups is 1. The second-order valence-electron chi connectivity index (χ2n) is 3.83. The lowest BCUT2D eigenvalue weighted by Crippen LogP contribution is -2.08. The lowest BCUT2D eigenvalue weighted by Gasteiger charge is -2.05. The van der Waals surface area contributed by atoms with Gasteiger partial charge in [-0.05, 0) is 11.6 Å². The number of carbonyl (C=O) groups excluding carboxylic acids is 1. The van der Waals surface area contributed by atoms with Gasteiger partial charge in [0, 0.05) is 12.5 Å². The SMILES string of the molecule is CC(=O)Nc1cncc(-c2cccc(CO)c2)n1. The predicted octanol–water partition coefficient (Wildman–Crippen LogP) is 1.59. The Labute approximate surface area is 105 Å². The van der Waals surface area contributed by atoms with Crippen LogP contribution in [0, 0.1) is 0 Å². The van der Waals surface area contributed by atoms with Gasteiger partial charge in [-0.2, -0.15) is 0 Å². The van der Waals surface area contributed by atoms with Crippen molar-refractivity contribution in [3.05, 3.63) is 42.2 Å². The minimum absolute atomic E-state index is 0.0212. The van der Waals surface area contributed by atoms with Gasteiger partial charge in [0.05, 0.1) is 24.7 Å². The van der Waals surface area contributed by atoms with Gasteiger partial charge in [-0.1, -0.05) is 18.2 Å². The van der Waals surface area contributed by atoms with Crippen molar-refractivity contribution < 1.29 is 9.90 Å². The molecule has 0 aliphatic heterocycles. The van der Waals surface area contributed by atoms with E-state index in [0.29, 0.717) is 11.5 Å². The second-order valence-corrected chi connectivity index (χ2v) is 3.83. The van der Waals surface area contributed by atoms with Crippen LogP contribution in [-0.4, -0.2) is 21.0 Å². The van der Waals surface area contributed by atoms with Gasteiger partial charge < -0.3 is 10.4 Å². The Morgan fingerprint density at radius 3 is 2.94 bits per heavy atom. The molecule has 5 nitrogen and oxygen atoms in total. The molecule has 1 aromatic carbocycles. The summed E-state index contributed by atoms with van der Waals surface area (Å²) in [6.45, 7) is 1.40. The number of aliphatic hydroxyl groups excluding tert-OH is 1. The molecule has 0 radical (unpaired) electrons. The topological polar surface area (TPSA) is 75.1 Å². The van der Waals surface area contributed by atoms with Crippen molar-refractivity contribution in [2.24, 2.45) is 0 Å². The zero-order valence-corrected chi connectivity index (χ0v) is 9.92. The highest BCUT2D eigenvalue weighted by atomic mass is 16.3. The molecule has 0 aliphatic rings. The normalized spacial score (nSPS) is 10.1. The number of amides is 1. The summed E-state index contributed by atoms with van der Waals surface area (Å²) >= 11 is 0. The van der Waals surface area contributed by atoms with Crippen LogP contribution in [0.15, 0.2) is 36.7 Å². The van der Waals surface area contributed by atoms with Crippen molar-refractivity contribution in [2.45, 2.75) is 13.5 Å². The van der Waals surface area contributed by atoms with Crippen molar-refractivity contribution in [3.63, 3.8) is 0 Å². The molecule has 0 unspecified atom stereocenters. The van der Waals surface area contributed by atoms with E-state index in [-0.39, 0.29) is 12.5 Å². The fourth-order valence-electron chi connectivity index (χ4n) is 1.57. The second kappa shape index (κ2) is 5.37. The smallest absolute Gasteiger partial charge is 0.222 e. The molecule has 5 heteroatoms. The Bertz CT molecular complexity index is 570. The quantitative estimate of drug-likeness (QED) is 0.858. The Morgan fingerprint density at radius 2 is 2.22 bits per heavy atom. The molecular formula is C13H13N3O2. The highest BCUT2D eigenvalue weighted by Gasteiger charge is 2.03. The summed E-state index contributed by atoms with van der Waals surface area (Å²) < 4.78 is 0. The van der Waals surface area contributed by atoms with Crippen LogP contribution < -0.4 is 5.32 Å². The molecule has 1 amide bonds. The van der Waals surface area contributed by atoms with Crippen LogP contribution in [0.25, 0.3) is 11.3 Å². The third-order valence-corrected chi connectivity index (χ3v) is 2.34. The molecular weight excluding hydrogens is 230 g/mol. The van der Waals surface area contributed by atoms with Crippen molar-refractivity contribution in [2.75, 3.05) is 5.32 Å². The van der Waals surface area contributed by atoms with Gasteiger partial charge >= 0.3 is 0 Å². The van der Waals surface area contributed by atoms with Gasteiger partial charge in [-0.25, -0.2) is 4.98 Å². The standard InChI is InChI=1S/C13H13N3O2/c1-9(18)15-13-7-14-6-12(16-13)11-4-2-3-10(5-11)8-17/h2-7,17H,8H2,1H3,(H,15,16,18). The first-order chi connectivity index (χ1) is 8.69. The summed E-state index contributed by atoms with van der Waals surface area (Å²) in [5.41, 5.74) is 2.30. The van der Waals surface area contributed by atoms with Crippen LogP contribution in [0.3, 0.4) is 0 Å². The Hall–Kier alpha value is -2.27. The van der Waals surface area contributed by atoms with Crippen molar-refractivity contribution in [3.8, 4) is 11.3 Å². The maximum atomic E-state index is 10.9. The summed E-state index contributed by atoms with van der Waals surface area (Å²) in [6.07, 6.45) is 3.10. The molecule has 0 fully saturated rings. The molecule has 0 aliphatic carbocycles. The first-order valence-electron chi connectivity index (χ1n) is 5.49. The van der Waals surface area contributed by atoms with Gasteiger partial charge in [0.15, 0.2) is 5.82 Å². The van der Waals surface area contributed by atoms with E-state index in [1.165, 1.54) is 13.1 Å². The third-order valence-electron chi connectivity index (χ3n) is 2.34.